The van der Waals surface area contributed by atoms with Gasteiger partial charge in [0.1, 0.15) is 0 Å². The van der Waals surface area contributed by atoms with Gasteiger partial charge in [0.25, 0.3) is 0 Å². The number of hydrogen-bond donors (Lipinski definition) is 1. The molecule has 0 spiro atoms. The Morgan fingerprint density at radius 1 is 1.40 bits per heavy atom. The number of halogens is 1. The Labute approximate surface area is 96.2 Å². The molecule has 1 N–H and O–H groups in total. The number of benzene rings is 1. The van der Waals surface area contributed by atoms with Gasteiger partial charge >= 0.3 is 0 Å². The van der Waals surface area contributed by atoms with Crippen molar-refractivity contribution in [2.45, 2.75) is 26.4 Å². The van der Waals surface area contributed by atoms with Crippen molar-refractivity contribution in [1.29, 1.82) is 0 Å². The van der Waals surface area contributed by atoms with Gasteiger partial charge in [0.2, 0.25) is 0 Å². The van der Waals surface area contributed by atoms with Gasteiger partial charge in [-0.15, -0.1) is 0 Å². The highest BCUT2D eigenvalue weighted by atomic mass is 35.5. The highest BCUT2D eigenvalue weighted by molar-refractivity contribution is 6.30. The van der Waals surface area contributed by atoms with Crippen molar-refractivity contribution in [3.63, 3.8) is 0 Å². The van der Waals surface area contributed by atoms with E-state index in [9.17, 15) is 0 Å². The number of rotatable bonds is 1. The average molecular weight is 225 g/mol. The van der Waals surface area contributed by atoms with Crippen LogP contribution in [-0.2, 0) is 6.54 Å². The van der Waals surface area contributed by atoms with E-state index in [0.717, 1.165) is 24.7 Å². The molecule has 0 atom stereocenters. The molecule has 2 rings (SSSR count). The molecule has 1 aliphatic rings. The highest BCUT2D eigenvalue weighted by Crippen LogP contribution is 2.27. The molecule has 1 aliphatic heterocycles. The van der Waals surface area contributed by atoms with Crippen molar-refractivity contribution in [3.05, 3.63) is 28.8 Å². The van der Waals surface area contributed by atoms with Gasteiger partial charge in [-0.3, -0.25) is 0 Å². The summed E-state index contributed by atoms with van der Waals surface area (Å²) >= 11 is 6.01. The summed E-state index contributed by atoms with van der Waals surface area (Å²) in [7, 11) is 0. The summed E-state index contributed by atoms with van der Waals surface area (Å²) in [6, 6.07) is 6.70. The summed E-state index contributed by atoms with van der Waals surface area (Å²) in [5.41, 5.74) is 2.62. The SMILES string of the molecule is CC(C)N1CCNCc2cc(Cl)ccc21. The van der Waals surface area contributed by atoms with Gasteiger partial charge in [-0.05, 0) is 37.6 Å². The van der Waals surface area contributed by atoms with E-state index >= 15 is 0 Å². The normalized spacial score (nSPS) is 16.4. The molecular weight excluding hydrogens is 208 g/mol. The lowest BCUT2D eigenvalue weighted by atomic mass is 10.1. The lowest BCUT2D eigenvalue weighted by Crippen LogP contribution is -2.34. The van der Waals surface area contributed by atoms with Crippen LogP contribution in [0.1, 0.15) is 19.4 Å². The van der Waals surface area contributed by atoms with Crippen LogP contribution < -0.4 is 10.2 Å². The Morgan fingerprint density at radius 3 is 2.93 bits per heavy atom. The van der Waals surface area contributed by atoms with Crippen molar-refractivity contribution < 1.29 is 0 Å². The zero-order chi connectivity index (χ0) is 10.8. The number of nitrogens with one attached hydrogen (secondary N) is 1. The first-order valence-electron chi connectivity index (χ1n) is 5.44. The monoisotopic (exact) mass is 224 g/mol. The van der Waals surface area contributed by atoms with Crippen molar-refractivity contribution in [1.82, 2.24) is 5.32 Å². The van der Waals surface area contributed by atoms with E-state index in [1.165, 1.54) is 11.3 Å². The molecule has 0 saturated carbocycles. The third-order valence-corrected chi connectivity index (χ3v) is 3.05. The van der Waals surface area contributed by atoms with Gasteiger partial charge < -0.3 is 10.2 Å². The van der Waals surface area contributed by atoms with E-state index in [0.29, 0.717) is 6.04 Å². The molecule has 82 valence electrons. The molecule has 0 saturated heterocycles. The number of anilines is 1. The molecule has 1 aromatic carbocycles. The van der Waals surface area contributed by atoms with E-state index < -0.39 is 0 Å². The van der Waals surface area contributed by atoms with Crippen molar-refractivity contribution in [2.24, 2.45) is 0 Å². The first-order chi connectivity index (χ1) is 7.18. The maximum atomic E-state index is 6.01. The number of hydrogen-bond acceptors (Lipinski definition) is 2. The van der Waals surface area contributed by atoms with Gasteiger partial charge in [-0.25, -0.2) is 0 Å². The lowest BCUT2D eigenvalue weighted by molar-refractivity contribution is 0.647. The molecule has 0 aliphatic carbocycles. The fourth-order valence-electron chi connectivity index (χ4n) is 2.06. The molecule has 0 radical (unpaired) electrons. The summed E-state index contributed by atoms with van der Waals surface area (Å²) in [5.74, 6) is 0. The predicted octanol–water partition coefficient (Wildman–Crippen LogP) is 2.66. The minimum atomic E-state index is 0.532. The van der Waals surface area contributed by atoms with Crippen LogP contribution in [0.3, 0.4) is 0 Å². The van der Waals surface area contributed by atoms with Crippen molar-refractivity contribution in [2.75, 3.05) is 18.0 Å². The number of nitrogens with zero attached hydrogens (tertiary/aromatic N) is 1. The van der Waals surface area contributed by atoms with Crippen LogP contribution in [0.15, 0.2) is 18.2 Å². The van der Waals surface area contributed by atoms with E-state index in [-0.39, 0.29) is 0 Å². The molecule has 0 aromatic heterocycles. The van der Waals surface area contributed by atoms with Gasteiger partial charge in [0.05, 0.1) is 0 Å². The second kappa shape index (κ2) is 4.42. The summed E-state index contributed by atoms with van der Waals surface area (Å²) in [6.07, 6.45) is 0. The Bertz CT molecular complexity index is 349. The molecule has 1 heterocycles. The van der Waals surface area contributed by atoms with Gasteiger partial charge in [-0.1, -0.05) is 11.6 Å². The summed E-state index contributed by atoms with van der Waals surface area (Å²) < 4.78 is 0. The Kier molecular flexibility index (Phi) is 3.17. The second-order valence-corrected chi connectivity index (χ2v) is 4.67. The Balaban J connectivity index is 2.40. The van der Waals surface area contributed by atoms with E-state index in [1.54, 1.807) is 0 Å². The molecule has 1 aromatic rings. The summed E-state index contributed by atoms with van der Waals surface area (Å²) in [6.45, 7) is 7.46. The van der Waals surface area contributed by atoms with Gasteiger partial charge in [0.15, 0.2) is 0 Å². The molecular formula is C12H17ClN2. The van der Waals surface area contributed by atoms with Gasteiger partial charge in [0, 0.05) is 36.4 Å². The topological polar surface area (TPSA) is 15.3 Å². The molecule has 3 heteroatoms. The van der Waals surface area contributed by atoms with Crippen molar-refractivity contribution >= 4 is 17.3 Å². The fourth-order valence-corrected chi connectivity index (χ4v) is 2.25. The summed E-state index contributed by atoms with van der Waals surface area (Å²) in [4.78, 5) is 2.42. The van der Waals surface area contributed by atoms with E-state index in [1.807, 2.05) is 6.07 Å². The summed E-state index contributed by atoms with van der Waals surface area (Å²) in [5, 5.41) is 4.24. The fraction of sp³-hybridized carbons (Fsp3) is 0.500. The Hall–Kier alpha value is -0.730. The van der Waals surface area contributed by atoms with E-state index in [2.05, 4.69) is 36.2 Å². The molecule has 2 nitrogen and oxygen atoms in total. The zero-order valence-corrected chi connectivity index (χ0v) is 10.0. The van der Waals surface area contributed by atoms with Crippen LogP contribution in [-0.4, -0.2) is 19.1 Å². The highest BCUT2D eigenvalue weighted by Gasteiger charge is 2.16. The molecule has 15 heavy (non-hydrogen) atoms. The number of fused-ring (bicyclic) bond motifs is 1. The molecule has 0 unspecified atom stereocenters. The largest absolute Gasteiger partial charge is 0.368 e. The van der Waals surface area contributed by atoms with Crippen LogP contribution in [0, 0.1) is 0 Å². The zero-order valence-electron chi connectivity index (χ0n) is 9.26. The standard InChI is InChI=1S/C12H17ClN2/c1-9(2)15-6-5-14-8-10-7-11(13)3-4-12(10)15/h3-4,7,9,14H,5-6,8H2,1-2H3. The lowest BCUT2D eigenvalue weighted by Gasteiger charge is -2.28. The van der Waals surface area contributed by atoms with Gasteiger partial charge in [-0.2, -0.15) is 0 Å². The van der Waals surface area contributed by atoms with Crippen LogP contribution in [0.5, 0.6) is 0 Å². The molecule has 0 bridgehead atoms. The maximum absolute atomic E-state index is 6.01. The second-order valence-electron chi connectivity index (χ2n) is 4.24. The van der Waals surface area contributed by atoms with Crippen molar-refractivity contribution in [3.8, 4) is 0 Å². The van der Waals surface area contributed by atoms with E-state index in [4.69, 9.17) is 11.6 Å². The minimum absolute atomic E-state index is 0.532. The van der Waals surface area contributed by atoms with Crippen LogP contribution in [0.2, 0.25) is 5.02 Å². The minimum Gasteiger partial charge on any atom is -0.368 e. The average Bonchev–Trinajstić information content (AvgIpc) is 2.38. The van der Waals surface area contributed by atoms with Crippen LogP contribution in [0.25, 0.3) is 0 Å². The van der Waals surface area contributed by atoms with Crippen LogP contribution in [0.4, 0.5) is 5.69 Å². The van der Waals surface area contributed by atoms with Crippen LogP contribution >= 0.6 is 11.6 Å². The molecule has 0 fully saturated rings. The quantitative estimate of drug-likeness (QED) is 0.789. The first-order valence-corrected chi connectivity index (χ1v) is 5.82. The Morgan fingerprint density at radius 2 is 2.20 bits per heavy atom. The smallest absolute Gasteiger partial charge is 0.0415 e. The third kappa shape index (κ3) is 2.27. The third-order valence-electron chi connectivity index (χ3n) is 2.82. The molecule has 0 amide bonds. The first kappa shape index (κ1) is 10.8. The predicted molar refractivity (Wildman–Crippen MR) is 65.6 cm³/mol. The maximum Gasteiger partial charge on any atom is 0.0415 e.